The fourth-order valence-electron chi connectivity index (χ4n) is 5.12. The summed E-state index contributed by atoms with van der Waals surface area (Å²) in [5.74, 6) is 1.94. The number of carbonyl (C=O) groups excluding carboxylic acids is 1. The van der Waals surface area contributed by atoms with Crippen LogP contribution in [-0.4, -0.2) is 60.4 Å². The summed E-state index contributed by atoms with van der Waals surface area (Å²) in [5.41, 5.74) is 4.88. The number of aliphatic hydroxyl groups is 1. The Hall–Kier alpha value is -3.39. The maximum Gasteiger partial charge on any atom is 0.226 e. The summed E-state index contributed by atoms with van der Waals surface area (Å²) < 4.78 is 10.8. The molecule has 0 bridgehead atoms. The maximum absolute atomic E-state index is 12.7. The number of hydrogen-bond acceptors (Lipinski definition) is 7. The fraction of sp³-hybridized carbons (Fsp3) is 0.464. The zero-order chi connectivity index (χ0) is 25.1. The summed E-state index contributed by atoms with van der Waals surface area (Å²) in [7, 11) is 1.59. The number of nitrogens with zero attached hydrogens (tertiary/aromatic N) is 3. The third kappa shape index (κ3) is 5.38. The number of amides is 1. The molecule has 1 aromatic heterocycles. The number of ether oxygens (including phenoxy) is 2. The molecule has 36 heavy (non-hydrogen) atoms. The number of carbonyl (C=O) groups is 1. The third-order valence-electron chi connectivity index (χ3n) is 7.23. The van der Waals surface area contributed by atoms with Crippen molar-refractivity contribution in [1.82, 2.24) is 15.3 Å². The molecule has 2 N–H and O–H groups in total. The number of anilines is 1. The molecule has 3 aromatic rings. The van der Waals surface area contributed by atoms with E-state index >= 15 is 0 Å². The van der Waals surface area contributed by atoms with E-state index in [1.807, 2.05) is 12.1 Å². The molecule has 2 heterocycles. The SMILES string of the molecule is COc1cccc(OCC(O)CNC(=O)C2CCN(c3nc(C)c4cc5c(cc4n3)CCC5)CC2)c1. The van der Waals surface area contributed by atoms with E-state index in [0.717, 1.165) is 61.3 Å². The molecule has 8 nitrogen and oxygen atoms in total. The van der Waals surface area contributed by atoms with Crippen molar-refractivity contribution in [3.8, 4) is 11.5 Å². The van der Waals surface area contributed by atoms with Crippen molar-refractivity contribution in [3.05, 3.63) is 53.2 Å². The van der Waals surface area contributed by atoms with E-state index in [4.69, 9.17) is 19.4 Å². The van der Waals surface area contributed by atoms with Gasteiger partial charge in [-0.15, -0.1) is 0 Å². The average Bonchev–Trinajstić information content (AvgIpc) is 3.37. The van der Waals surface area contributed by atoms with Gasteiger partial charge in [0.2, 0.25) is 11.9 Å². The lowest BCUT2D eigenvalue weighted by Gasteiger charge is -2.31. The number of benzene rings is 2. The number of aryl methyl sites for hydroxylation is 3. The summed E-state index contributed by atoms with van der Waals surface area (Å²) in [6.07, 6.45) is 4.16. The Bertz CT molecular complexity index is 1240. The van der Waals surface area contributed by atoms with Gasteiger partial charge in [-0.25, -0.2) is 9.97 Å². The van der Waals surface area contributed by atoms with E-state index in [1.54, 1.807) is 19.2 Å². The third-order valence-corrected chi connectivity index (χ3v) is 7.23. The van der Waals surface area contributed by atoms with Crippen LogP contribution in [0.5, 0.6) is 11.5 Å². The van der Waals surface area contributed by atoms with E-state index in [-0.39, 0.29) is 25.0 Å². The van der Waals surface area contributed by atoms with Crippen molar-refractivity contribution in [1.29, 1.82) is 0 Å². The number of piperidine rings is 1. The Kier molecular flexibility index (Phi) is 7.23. The van der Waals surface area contributed by atoms with Gasteiger partial charge in [-0.2, -0.15) is 0 Å². The maximum atomic E-state index is 12.7. The van der Waals surface area contributed by atoms with E-state index in [2.05, 4.69) is 29.3 Å². The Labute approximate surface area is 211 Å². The highest BCUT2D eigenvalue weighted by molar-refractivity contribution is 5.84. The highest BCUT2D eigenvalue weighted by Gasteiger charge is 2.27. The molecule has 0 radical (unpaired) electrons. The number of nitrogens with one attached hydrogen (secondary N) is 1. The minimum Gasteiger partial charge on any atom is -0.497 e. The van der Waals surface area contributed by atoms with E-state index < -0.39 is 6.10 Å². The Balaban J connectivity index is 1.11. The first-order chi connectivity index (χ1) is 17.5. The zero-order valence-electron chi connectivity index (χ0n) is 21.0. The fourth-order valence-corrected chi connectivity index (χ4v) is 5.12. The summed E-state index contributed by atoms with van der Waals surface area (Å²) in [4.78, 5) is 24.6. The predicted molar refractivity (Wildman–Crippen MR) is 139 cm³/mol. The monoisotopic (exact) mass is 490 g/mol. The highest BCUT2D eigenvalue weighted by Crippen LogP contribution is 2.30. The van der Waals surface area contributed by atoms with Crippen LogP contribution < -0.4 is 19.7 Å². The van der Waals surface area contributed by atoms with Crippen LogP contribution in [0.25, 0.3) is 10.9 Å². The predicted octanol–water partition coefficient (Wildman–Crippen LogP) is 3.21. The molecule has 1 saturated heterocycles. The summed E-state index contributed by atoms with van der Waals surface area (Å²) >= 11 is 0. The van der Waals surface area contributed by atoms with Crippen molar-refractivity contribution >= 4 is 22.8 Å². The Morgan fingerprint density at radius 1 is 1.14 bits per heavy atom. The van der Waals surface area contributed by atoms with Crippen molar-refractivity contribution in [2.24, 2.45) is 5.92 Å². The molecule has 0 saturated carbocycles. The first-order valence-corrected chi connectivity index (χ1v) is 12.8. The first kappa shape index (κ1) is 24.3. The number of rotatable bonds is 8. The van der Waals surface area contributed by atoms with E-state index in [9.17, 15) is 9.90 Å². The van der Waals surface area contributed by atoms with Crippen LogP contribution >= 0.6 is 0 Å². The lowest BCUT2D eigenvalue weighted by molar-refractivity contribution is -0.126. The minimum absolute atomic E-state index is 0.0266. The van der Waals surface area contributed by atoms with Crippen LogP contribution in [-0.2, 0) is 17.6 Å². The van der Waals surface area contributed by atoms with Crippen LogP contribution in [0.4, 0.5) is 5.95 Å². The molecule has 1 atom stereocenters. The Morgan fingerprint density at radius 2 is 1.89 bits per heavy atom. The van der Waals surface area contributed by atoms with Gasteiger partial charge in [-0.3, -0.25) is 4.79 Å². The summed E-state index contributed by atoms with van der Waals surface area (Å²) in [6, 6.07) is 11.7. The highest BCUT2D eigenvalue weighted by atomic mass is 16.5. The van der Waals surface area contributed by atoms with Gasteiger partial charge in [0.05, 0.1) is 18.3 Å². The van der Waals surface area contributed by atoms with Crippen molar-refractivity contribution < 1.29 is 19.4 Å². The topological polar surface area (TPSA) is 96.8 Å². The van der Waals surface area contributed by atoms with Gasteiger partial charge < -0.3 is 24.8 Å². The number of methoxy groups -OCH3 is 1. The lowest BCUT2D eigenvalue weighted by Crippen LogP contribution is -2.43. The summed E-state index contributed by atoms with van der Waals surface area (Å²) in [6.45, 7) is 3.76. The second-order valence-corrected chi connectivity index (χ2v) is 9.75. The number of fused-ring (bicyclic) bond motifs is 2. The zero-order valence-corrected chi connectivity index (χ0v) is 21.0. The quantitative estimate of drug-likeness (QED) is 0.501. The van der Waals surface area contributed by atoms with E-state index in [1.165, 1.54) is 17.5 Å². The van der Waals surface area contributed by atoms with E-state index in [0.29, 0.717) is 11.5 Å². The molecule has 1 fully saturated rings. The molecular formula is C28H34N4O4. The molecule has 5 rings (SSSR count). The number of hydrogen-bond donors (Lipinski definition) is 2. The standard InChI is InChI=1S/C28H34N4O4/c1-18-25-13-20-5-3-6-21(20)14-26(25)31-28(30-18)32-11-9-19(10-12-32)27(34)29-16-22(33)17-36-24-8-4-7-23(15-24)35-2/h4,7-8,13-15,19,22,33H,3,5-6,9-12,16-17H2,1-2H3,(H,29,34). The van der Waals surface area contributed by atoms with Crippen LogP contribution in [0.15, 0.2) is 36.4 Å². The smallest absolute Gasteiger partial charge is 0.226 e. The second kappa shape index (κ2) is 10.7. The molecule has 0 spiro atoms. The Morgan fingerprint density at radius 3 is 2.67 bits per heavy atom. The molecule has 1 aliphatic carbocycles. The lowest BCUT2D eigenvalue weighted by atomic mass is 9.96. The van der Waals surface area contributed by atoms with Gasteiger partial charge in [-0.05, 0) is 74.4 Å². The first-order valence-electron chi connectivity index (χ1n) is 12.8. The molecular weight excluding hydrogens is 456 g/mol. The molecule has 8 heteroatoms. The van der Waals surface area contributed by atoms with Crippen LogP contribution in [0.3, 0.4) is 0 Å². The van der Waals surface area contributed by atoms with Gasteiger partial charge in [0, 0.05) is 37.0 Å². The van der Waals surface area contributed by atoms with Gasteiger partial charge in [0.25, 0.3) is 0 Å². The largest absolute Gasteiger partial charge is 0.497 e. The molecule has 190 valence electrons. The van der Waals surface area contributed by atoms with Gasteiger partial charge in [0.15, 0.2) is 0 Å². The van der Waals surface area contributed by atoms with Gasteiger partial charge in [-0.1, -0.05) is 6.07 Å². The molecule has 2 aromatic carbocycles. The average molecular weight is 491 g/mol. The second-order valence-electron chi connectivity index (χ2n) is 9.75. The number of aromatic nitrogens is 2. The number of aliphatic hydroxyl groups excluding tert-OH is 1. The molecule has 2 aliphatic rings. The minimum atomic E-state index is -0.796. The normalized spacial score (nSPS) is 16.6. The van der Waals surface area contributed by atoms with Crippen molar-refractivity contribution in [2.45, 2.75) is 45.1 Å². The molecule has 1 aliphatic heterocycles. The van der Waals surface area contributed by atoms with Crippen LogP contribution in [0.1, 0.15) is 36.1 Å². The van der Waals surface area contributed by atoms with Crippen LogP contribution in [0.2, 0.25) is 0 Å². The molecule has 1 unspecified atom stereocenters. The van der Waals surface area contributed by atoms with Gasteiger partial charge in [0.1, 0.15) is 24.2 Å². The molecule has 1 amide bonds. The van der Waals surface area contributed by atoms with Crippen molar-refractivity contribution in [3.63, 3.8) is 0 Å². The van der Waals surface area contributed by atoms with Crippen LogP contribution in [0, 0.1) is 12.8 Å². The summed E-state index contributed by atoms with van der Waals surface area (Å²) in [5, 5.41) is 14.3. The van der Waals surface area contributed by atoms with Crippen molar-refractivity contribution in [2.75, 3.05) is 38.3 Å². The van der Waals surface area contributed by atoms with Gasteiger partial charge >= 0.3 is 0 Å².